The first-order chi connectivity index (χ1) is 13.4. The third-order valence-corrected chi connectivity index (χ3v) is 7.71. The Labute approximate surface area is 167 Å². The number of methoxy groups -OCH3 is 1. The summed E-state index contributed by atoms with van der Waals surface area (Å²) in [4.78, 5) is 16.9. The molecule has 4 rings (SSSR count). The summed E-state index contributed by atoms with van der Waals surface area (Å²) in [6.07, 6.45) is 0. The fourth-order valence-corrected chi connectivity index (χ4v) is 6.86. The number of amidine groups is 1. The van der Waals surface area contributed by atoms with Crippen molar-refractivity contribution in [1.29, 1.82) is 0 Å². The van der Waals surface area contributed by atoms with E-state index in [2.05, 4.69) is 15.6 Å². The van der Waals surface area contributed by atoms with Gasteiger partial charge in [-0.1, -0.05) is 23.9 Å². The minimum atomic E-state index is -2.96. The van der Waals surface area contributed by atoms with Gasteiger partial charge < -0.3 is 15.4 Å². The molecule has 1 saturated heterocycles. The number of nitrogens with zero attached hydrogens (tertiary/aromatic N) is 1. The van der Waals surface area contributed by atoms with Gasteiger partial charge in [0.2, 0.25) is 0 Å². The molecule has 28 heavy (non-hydrogen) atoms. The van der Waals surface area contributed by atoms with E-state index in [0.29, 0.717) is 17.0 Å². The van der Waals surface area contributed by atoms with Crippen LogP contribution in [0, 0.1) is 0 Å². The molecule has 0 aromatic heterocycles. The van der Waals surface area contributed by atoms with Crippen LogP contribution in [0.25, 0.3) is 0 Å². The number of para-hydroxylation sites is 2. The van der Waals surface area contributed by atoms with Gasteiger partial charge in [-0.3, -0.25) is 9.79 Å². The van der Waals surface area contributed by atoms with Gasteiger partial charge in [-0.25, -0.2) is 8.42 Å². The second kappa shape index (κ2) is 7.48. The van der Waals surface area contributed by atoms with Crippen molar-refractivity contribution in [3.05, 3.63) is 54.1 Å². The molecule has 2 heterocycles. The molecule has 9 heteroatoms. The number of hydrogen-bond acceptors (Lipinski definition) is 7. The number of rotatable bonds is 4. The lowest BCUT2D eigenvalue weighted by atomic mass is 10.2. The van der Waals surface area contributed by atoms with Crippen LogP contribution in [0.5, 0.6) is 5.75 Å². The van der Waals surface area contributed by atoms with Crippen LogP contribution in [-0.2, 0) is 9.84 Å². The number of ether oxygens (including phenoxy) is 1. The highest BCUT2D eigenvalue weighted by atomic mass is 32.2. The number of aliphatic imine (C=N–C) groups is 1. The maximum atomic E-state index is 12.5. The summed E-state index contributed by atoms with van der Waals surface area (Å²) in [5, 5.41) is 6.75. The molecule has 2 aromatic rings. The van der Waals surface area contributed by atoms with E-state index in [0.717, 1.165) is 10.9 Å². The zero-order valence-electron chi connectivity index (χ0n) is 15.1. The number of amides is 1. The van der Waals surface area contributed by atoms with Gasteiger partial charge in [0.05, 0.1) is 30.3 Å². The van der Waals surface area contributed by atoms with E-state index in [1.165, 1.54) is 11.8 Å². The maximum absolute atomic E-state index is 12.5. The first kappa shape index (κ1) is 18.8. The predicted octanol–water partition coefficient (Wildman–Crippen LogP) is 2.63. The van der Waals surface area contributed by atoms with Gasteiger partial charge in [-0.05, 0) is 36.4 Å². The van der Waals surface area contributed by atoms with Crippen LogP contribution < -0.4 is 15.4 Å². The minimum Gasteiger partial charge on any atom is -0.495 e. The number of carbonyl (C=O) groups excluding carboxylic acids is 1. The molecule has 2 aliphatic rings. The molecule has 2 N–H and O–H groups in total. The highest BCUT2D eigenvalue weighted by Gasteiger charge is 2.42. The Morgan fingerprint density at radius 3 is 2.61 bits per heavy atom. The minimum absolute atomic E-state index is 0.00148. The molecular weight excluding hydrogens is 398 g/mol. The fourth-order valence-electron chi connectivity index (χ4n) is 3.19. The van der Waals surface area contributed by atoms with Crippen LogP contribution in [0.4, 0.5) is 11.4 Å². The molecule has 0 aliphatic carbocycles. The molecule has 7 nitrogen and oxygen atoms in total. The number of nitrogens with one attached hydrogen (secondary N) is 2. The molecule has 0 saturated carbocycles. The lowest BCUT2D eigenvalue weighted by Crippen LogP contribution is -2.13. The van der Waals surface area contributed by atoms with Crippen LogP contribution in [0.3, 0.4) is 0 Å². The predicted molar refractivity (Wildman–Crippen MR) is 112 cm³/mol. The first-order valence-corrected chi connectivity index (χ1v) is 11.4. The number of benzene rings is 2. The zero-order valence-corrected chi connectivity index (χ0v) is 16.7. The lowest BCUT2D eigenvalue weighted by Gasteiger charge is -2.11. The normalized spacial score (nSPS) is 22.2. The Bertz CT molecular complexity index is 1040. The van der Waals surface area contributed by atoms with Gasteiger partial charge in [0.1, 0.15) is 5.75 Å². The molecule has 1 fully saturated rings. The van der Waals surface area contributed by atoms with E-state index < -0.39 is 9.84 Å². The molecule has 0 radical (unpaired) electrons. The van der Waals surface area contributed by atoms with E-state index in [-0.39, 0.29) is 28.7 Å². The van der Waals surface area contributed by atoms with E-state index in [1.807, 2.05) is 12.1 Å². The monoisotopic (exact) mass is 417 g/mol. The standard InChI is InChI=1S/C19H19N3O4S2/c1-26-16-5-3-2-4-14(16)21-18(23)12-6-8-13(9-7-12)20-19-22-15-10-28(24,25)11-17(15)27-19/h2-9,15,17H,10-11H2,1H3,(H,20,22)(H,21,23)/t15-,17-/m1/s1. The number of thioether (sulfide) groups is 1. The summed E-state index contributed by atoms with van der Waals surface area (Å²) < 4.78 is 28.5. The maximum Gasteiger partial charge on any atom is 0.255 e. The molecule has 2 aromatic carbocycles. The van der Waals surface area contributed by atoms with Crippen LogP contribution in [-0.4, -0.2) is 49.4 Å². The molecule has 146 valence electrons. The van der Waals surface area contributed by atoms with Crippen molar-refractivity contribution in [2.45, 2.75) is 11.3 Å². The van der Waals surface area contributed by atoms with Crippen molar-refractivity contribution >= 4 is 44.0 Å². The number of sulfone groups is 1. The molecule has 1 amide bonds. The van der Waals surface area contributed by atoms with E-state index in [9.17, 15) is 13.2 Å². The number of carbonyl (C=O) groups is 1. The van der Waals surface area contributed by atoms with Crippen LogP contribution >= 0.6 is 11.8 Å². The first-order valence-electron chi connectivity index (χ1n) is 8.70. The Hall–Kier alpha value is -2.52. The number of anilines is 2. The van der Waals surface area contributed by atoms with Crippen molar-refractivity contribution in [2.24, 2.45) is 4.99 Å². The highest BCUT2D eigenvalue weighted by Crippen LogP contribution is 2.34. The average Bonchev–Trinajstić information content (AvgIpc) is 3.15. The zero-order chi connectivity index (χ0) is 19.7. The fraction of sp³-hybridized carbons (Fsp3) is 0.263. The number of fused-ring (bicyclic) bond motifs is 1. The molecule has 0 unspecified atom stereocenters. The van der Waals surface area contributed by atoms with Gasteiger partial charge in [-0.15, -0.1) is 0 Å². The van der Waals surface area contributed by atoms with Gasteiger partial charge in [0.25, 0.3) is 5.91 Å². The topological polar surface area (TPSA) is 96.9 Å². The van der Waals surface area contributed by atoms with Crippen molar-refractivity contribution in [3.8, 4) is 5.75 Å². The third kappa shape index (κ3) is 4.00. The molecule has 0 bridgehead atoms. The quantitative estimate of drug-likeness (QED) is 0.794. The summed E-state index contributed by atoms with van der Waals surface area (Å²) in [5.41, 5.74) is 1.92. The largest absolute Gasteiger partial charge is 0.495 e. The Morgan fingerprint density at radius 1 is 1.14 bits per heavy atom. The Morgan fingerprint density at radius 2 is 1.89 bits per heavy atom. The lowest BCUT2D eigenvalue weighted by molar-refractivity contribution is 0.102. The van der Waals surface area contributed by atoms with Crippen LogP contribution in [0.15, 0.2) is 53.5 Å². The Kier molecular flexibility index (Phi) is 5.03. The van der Waals surface area contributed by atoms with E-state index >= 15 is 0 Å². The summed E-state index contributed by atoms with van der Waals surface area (Å²) >= 11 is 1.46. The highest BCUT2D eigenvalue weighted by molar-refractivity contribution is 8.15. The van der Waals surface area contributed by atoms with Crippen molar-refractivity contribution < 1.29 is 17.9 Å². The summed E-state index contributed by atoms with van der Waals surface area (Å²) in [6.45, 7) is 0. The summed E-state index contributed by atoms with van der Waals surface area (Å²) in [5.74, 6) is 0.665. The second-order valence-corrected chi connectivity index (χ2v) is 9.97. The molecule has 2 aliphatic heterocycles. The second-order valence-electron chi connectivity index (χ2n) is 6.59. The Balaban J connectivity index is 1.40. The molecule has 2 atom stereocenters. The third-order valence-electron chi connectivity index (χ3n) is 4.57. The van der Waals surface area contributed by atoms with Crippen LogP contribution in [0.1, 0.15) is 10.4 Å². The van der Waals surface area contributed by atoms with Gasteiger partial charge >= 0.3 is 0 Å². The smallest absolute Gasteiger partial charge is 0.255 e. The average molecular weight is 418 g/mol. The number of hydrogen-bond donors (Lipinski definition) is 2. The molecule has 0 spiro atoms. The van der Waals surface area contributed by atoms with Crippen molar-refractivity contribution in [1.82, 2.24) is 0 Å². The van der Waals surface area contributed by atoms with Gasteiger partial charge in [-0.2, -0.15) is 0 Å². The van der Waals surface area contributed by atoms with Crippen LogP contribution in [0.2, 0.25) is 0 Å². The van der Waals surface area contributed by atoms with E-state index in [1.54, 1.807) is 43.5 Å². The SMILES string of the molecule is COc1ccccc1NC(=O)c1ccc(NC2=N[C@@H]3CS(=O)(=O)C[C@H]3S2)cc1. The summed E-state index contributed by atoms with van der Waals surface area (Å²) in [7, 11) is -1.40. The van der Waals surface area contributed by atoms with Gasteiger partial charge in [0.15, 0.2) is 15.0 Å². The summed E-state index contributed by atoms with van der Waals surface area (Å²) in [6, 6.07) is 14.1. The van der Waals surface area contributed by atoms with Crippen molar-refractivity contribution in [2.75, 3.05) is 29.2 Å². The molecular formula is C19H19N3O4S2. The van der Waals surface area contributed by atoms with E-state index in [4.69, 9.17) is 4.74 Å². The van der Waals surface area contributed by atoms with Crippen molar-refractivity contribution in [3.63, 3.8) is 0 Å². The van der Waals surface area contributed by atoms with Gasteiger partial charge in [0, 0.05) is 16.5 Å².